The highest BCUT2D eigenvalue weighted by Crippen LogP contribution is 2.32. The van der Waals surface area contributed by atoms with E-state index in [1.165, 1.54) is 5.56 Å². The van der Waals surface area contributed by atoms with Crippen LogP contribution in [0.5, 0.6) is 0 Å². The van der Waals surface area contributed by atoms with Crippen molar-refractivity contribution in [2.45, 2.75) is 71.9 Å². The fourth-order valence-electron chi connectivity index (χ4n) is 3.79. The number of rotatable bonds is 9. The smallest absolute Gasteiger partial charge is 0.310 e. The minimum Gasteiger partial charge on any atom is -0.460 e. The summed E-state index contributed by atoms with van der Waals surface area (Å²) < 4.78 is 6.81. The van der Waals surface area contributed by atoms with Crippen LogP contribution in [0.1, 0.15) is 69.0 Å². The molecule has 2 atom stereocenters. The molecular weight excluding hydrogens is 480 g/mol. The van der Waals surface area contributed by atoms with Crippen LogP contribution in [0, 0.1) is 12.8 Å². The Balaban J connectivity index is 1.91. The van der Waals surface area contributed by atoms with Crippen LogP contribution in [0.15, 0.2) is 53.0 Å². The molecule has 1 aromatic heterocycles. The molecule has 3 aromatic rings. The molecule has 0 unspecified atom stereocenters. The Kier molecular flexibility index (Phi) is 8.40. The Hall–Kier alpha value is -2.54. The van der Waals surface area contributed by atoms with E-state index in [1.54, 1.807) is 4.80 Å². The number of tetrazole rings is 1. The van der Waals surface area contributed by atoms with Gasteiger partial charge in [-0.25, -0.2) is 0 Å². The molecule has 0 aliphatic heterocycles. The molecule has 0 amide bonds. The molecule has 0 aliphatic rings. The molecule has 176 valence electrons. The average Bonchev–Trinajstić information content (AvgIpc) is 3.20. The number of hydrogen-bond acceptors (Lipinski definition) is 5. The van der Waals surface area contributed by atoms with Crippen molar-refractivity contribution < 1.29 is 9.53 Å². The molecule has 33 heavy (non-hydrogen) atoms. The first-order chi connectivity index (χ1) is 15.6. The Labute approximate surface area is 204 Å². The third-order valence-electron chi connectivity index (χ3n) is 5.41. The van der Waals surface area contributed by atoms with Crippen molar-refractivity contribution in [3.05, 3.63) is 75.5 Å². The zero-order chi connectivity index (χ0) is 24.0. The number of carbonyl (C=O) groups is 1. The van der Waals surface area contributed by atoms with E-state index in [0.717, 1.165) is 22.0 Å². The maximum absolute atomic E-state index is 13.2. The van der Waals surface area contributed by atoms with Crippen LogP contribution < -0.4 is 0 Å². The summed E-state index contributed by atoms with van der Waals surface area (Å²) >= 11 is 3.49. The Morgan fingerprint density at radius 3 is 2.30 bits per heavy atom. The summed E-state index contributed by atoms with van der Waals surface area (Å²) in [5, 5.41) is 13.4. The van der Waals surface area contributed by atoms with E-state index in [0.29, 0.717) is 25.2 Å². The second kappa shape index (κ2) is 11.1. The van der Waals surface area contributed by atoms with E-state index < -0.39 is 5.60 Å². The van der Waals surface area contributed by atoms with E-state index in [1.807, 2.05) is 32.9 Å². The fraction of sp³-hybridized carbons (Fsp3) is 0.462. The minimum absolute atomic E-state index is 0.207. The van der Waals surface area contributed by atoms with Gasteiger partial charge in [0.1, 0.15) is 5.60 Å². The van der Waals surface area contributed by atoms with Gasteiger partial charge in [0, 0.05) is 10.4 Å². The summed E-state index contributed by atoms with van der Waals surface area (Å²) in [4.78, 5) is 14.8. The zero-order valence-corrected chi connectivity index (χ0v) is 21.7. The number of aromatic nitrogens is 4. The SMILES string of the molecule is CCC[C@H](C(=O)OC(C)(C)C)[C@H](Cc1ccc(Br)cc1)c1nnn(Cc2ccc(C)cc2)n1. The van der Waals surface area contributed by atoms with Gasteiger partial charge in [-0.15, -0.1) is 10.2 Å². The van der Waals surface area contributed by atoms with E-state index in [2.05, 4.69) is 76.5 Å². The van der Waals surface area contributed by atoms with Crippen LogP contribution in [0.4, 0.5) is 0 Å². The van der Waals surface area contributed by atoms with Crippen molar-refractivity contribution in [3.8, 4) is 0 Å². The molecule has 0 spiro atoms. The normalized spacial score (nSPS) is 13.5. The highest BCUT2D eigenvalue weighted by Gasteiger charge is 2.35. The number of aryl methyl sites for hydroxylation is 1. The predicted octanol–water partition coefficient (Wildman–Crippen LogP) is 5.88. The molecule has 3 rings (SSSR count). The lowest BCUT2D eigenvalue weighted by atomic mass is 9.83. The number of hydrogen-bond donors (Lipinski definition) is 0. The van der Waals surface area contributed by atoms with E-state index in [-0.39, 0.29) is 17.8 Å². The highest BCUT2D eigenvalue weighted by molar-refractivity contribution is 9.10. The summed E-state index contributed by atoms with van der Waals surface area (Å²) in [6.07, 6.45) is 2.19. The van der Waals surface area contributed by atoms with Gasteiger partial charge in [0.25, 0.3) is 0 Å². The van der Waals surface area contributed by atoms with Crippen molar-refractivity contribution in [2.24, 2.45) is 5.92 Å². The molecule has 0 fully saturated rings. The predicted molar refractivity (Wildman–Crippen MR) is 133 cm³/mol. The Morgan fingerprint density at radius 2 is 1.70 bits per heavy atom. The molecule has 1 heterocycles. The summed E-state index contributed by atoms with van der Waals surface area (Å²) in [6.45, 7) is 10.4. The zero-order valence-electron chi connectivity index (χ0n) is 20.1. The van der Waals surface area contributed by atoms with Crippen molar-refractivity contribution in [1.82, 2.24) is 20.2 Å². The van der Waals surface area contributed by atoms with Crippen LogP contribution in [0.3, 0.4) is 0 Å². The van der Waals surface area contributed by atoms with Gasteiger partial charge < -0.3 is 4.74 Å². The first kappa shape index (κ1) is 25.1. The van der Waals surface area contributed by atoms with E-state index >= 15 is 0 Å². The Morgan fingerprint density at radius 1 is 1.06 bits per heavy atom. The third-order valence-corrected chi connectivity index (χ3v) is 5.94. The summed E-state index contributed by atoms with van der Waals surface area (Å²) in [6, 6.07) is 16.4. The van der Waals surface area contributed by atoms with Crippen molar-refractivity contribution >= 4 is 21.9 Å². The molecule has 0 saturated heterocycles. The van der Waals surface area contributed by atoms with Crippen molar-refractivity contribution in [2.75, 3.05) is 0 Å². The van der Waals surface area contributed by atoms with E-state index in [9.17, 15) is 4.79 Å². The van der Waals surface area contributed by atoms with Crippen LogP contribution in [0.25, 0.3) is 0 Å². The molecule has 0 radical (unpaired) electrons. The quantitative estimate of drug-likeness (QED) is 0.335. The number of ether oxygens (including phenoxy) is 1. The first-order valence-electron chi connectivity index (χ1n) is 11.4. The number of nitrogens with zero attached hydrogens (tertiary/aromatic N) is 4. The topological polar surface area (TPSA) is 69.9 Å². The van der Waals surface area contributed by atoms with Crippen molar-refractivity contribution in [1.29, 1.82) is 0 Å². The van der Waals surface area contributed by atoms with Gasteiger partial charge in [-0.05, 0) is 69.0 Å². The maximum Gasteiger partial charge on any atom is 0.310 e. The van der Waals surface area contributed by atoms with Gasteiger partial charge in [0.15, 0.2) is 5.82 Å². The molecule has 0 aliphatic carbocycles. The van der Waals surface area contributed by atoms with Crippen LogP contribution in [0.2, 0.25) is 0 Å². The van der Waals surface area contributed by atoms with Crippen LogP contribution in [-0.4, -0.2) is 31.8 Å². The third kappa shape index (κ3) is 7.49. The van der Waals surface area contributed by atoms with Gasteiger partial charge in [-0.3, -0.25) is 4.79 Å². The molecule has 0 bridgehead atoms. The molecule has 0 N–H and O–H groups in total. The maximum atomic E-state index is 13.2. The number of halogens is 1. The molecule has 2 aromatic carbocycles. The number of carbonyl (C=O) groups excluding carboxylic acids is 1. The number of benzene rings is 2. The van der Waals surface area contributed by atoms with Crippen LogP contribution >= 0.6 is 15.9 Å². The standard InChI is InChI=1S/C26H33BrN4O2/c1-6-7-22(25(32)33-26(3,4)5)23(16-19-12-14-21(27)15-13-19)24-28-30-31(29-24)17-20-10-8-18(2)9-11-20/h8-15,22-23H,6-7,16-17H2,1-5H3/t22-,23-/m0/s1. The summed E-state index contributed by atoms with van der Waals surface area (Å²) in [5.41, 5.74) is 2.87. The highest BCUT2D eigenvalue weighted by atomic mass is 79.9. The number of esters is 1. The van der Waals surface area contributed by atoms with E-state index in [4.69, 9.17) is 9.84 Å². The van der Waals surface area contributed by atoms with Gasteiger partial charge in [-0.2, -0.15) is 4.80 Å². The van der Waals surface area contributed by atoms with Gasteiger partial charge in [0.2, 0.25) is 0 Å². The first-order valence-corrected chi connectivity index (χ1v) is 12.2. The monoisotopic (exact) mass is 512 g/mol. The largest absolute Gasteiger partial charge is 0.460 e. The van der Waals surface area contributed by atoms with Gasteiger partial charge >= 0.3 is 5.97 Å². The molecular formula is C26H33BrN4O2. The lowest BCUT2D eigenvalue weighted by Gasteiger charge is -2.28. The molecule has 6 nitrogen and oxygen atoms in total. The average molecular weight is 513 g/mol. The fourth-order valence-corrected chi connectivity index (χ4v) is 4.05. The summed E-state index contributed by atoms with van der Waals surface area (Å²) in [5.74, 6) is -0.210. The lowest BCUT2D eigenvalue weighted by molar-refractivity contribution is -0.161. The summed E-state index contributed by atoms with van der Waals surface area (Å²) in [7, 11) is 0. The second-order valence-electron chi connectivity index (χ2n) is 9.53. The minimum atomic E-state index is -0.554. The molecule has 0 saturated carbocycles. The lowest BCUT2D eigenvalue weighted by Crippen LogP contribution is -2.33. The van der Waals surface area contributed by atoms with Crippen LogP contribution in [-0.2, 0) is 22.5 Å². The van der Waals surface area contributed by atoms with Gasteiger partial charge in [-0.1, -0.05) is 71.2 Å². The van der Waals surface area contributed by atoms with Crippen molar-refractivity contribution in [3.63, 3.8) is 0 Å². The molecule has 7 heteroatoms. The Bertz CT molecular complexity index is 1040. The second-order valence-corrected chi connectivity index (χ2v) is 10.4. The van der Waals surface area contributed by atoms with Gasteiger partial charge in [0.05, 0.1) is 12.5 Å².